The van der Waals surface area contributed by atoms with E-state index in [1.54, 1.807) is 0 Å². The van der Waals surface area contributed by atoms with Crippen LogP contribution in [-0.2, 0) is 19.9 Å². The fourth-order valence-corrected chi connectivity index (χ4v) is 2.93. The summed E-state index contributed by atoms with van der Waals surface area (Å²) in [5, 5.41) is 5.18. The Balaban J connectivity index is 2.33. The molecule has 0 aliphatic carbocycles. The molecule has 0 saturated carbocycles. The zero-order chi connectivity index (χ0) is 15.6. The fraction of sp³-hybridized carbons (Fsp3) is 0.467. The van der Waals surface area contributed by atoms with Gasteiger partial charge in [0, 0.05) is 24.9 Å². The maximum atomic E-state index is 6.42. The third kappa shape index (κ3) is 3.26. The Bertz CT molecular complexity index is 635. The number of nitrogens with one attached hydrogen (secondary N) is 1. The van der Waals surface area contributed by atoms with Crippen LogP contribution in [0.15, 0.2) is 12.1 Å². The fourth-order valence-electron chi connectivity index (χ4n) is 2.56. The normalized spacial score (nSPS) is 12.7. The van der Waals surface area contributed by atoms with Gasteiger partial charge in [-0.3, -0.25) is 20.9 Å². The lowest BCUT2D eigenvalue weighted by atomic mass is 10.0. The average Bonchev–Trinajstić information content (AvgIpc) is 2.72. The number of hydrogen-bond acceptors (Lipinski definition) is 4. The topological polar surface area (TPSA) is 68.8 Å². The molecule has 2 heterocycles. The highest BCUT2D eigenvalue weighted by Gasteiger charge is 2.20. The molecule has 0 aliphatic heterocycles. The average molecular weight is 308 g/mol. The molecule has 0 aromatic carbocycles. The van der Waals surface area contributed by atoms with E-state index >= 15 is 0 Å². The summed E-state index contributed by atoms with van der Waals surface area (Å²) in [6, 6.07) is 4.01. The van der Waals surface area contributed by atoms with Crippen LogP contribution in [-0.4, -0.2) is 14.8 Å². The number of nitrogens with two attached hydrogens (primary N) is 1. The summed E-state index contributed by atoms with van der Waals surface area (Å²) >= 11 is 6.42. The Labute approximate surface area is 130 Å². The highest BCUT2D eigenvalue weighted by molar-refractivity contribution is 6.31. The van der Waals surface area contributed by atoms with E-state index in [2.05, 4.69) is 21.6 Å². The number of hydrogen-bond donors (Lipinski definition) is 2. The van der Waals surface area contributed by atoms with Gasteiger partial charge in [-0.2, -0.15) is 5.10 Å². The van der Waals surface area contributed by atoms with Gasteiger partial charge in [0.15, 0.2) is 0 Å². The number of pyridine rings is 1. The second kappa shape index (κ2) is 6.56. The Morgan fingerprint density at radius 2 is 2.10 bits per heavy atom. The smallest absolute Gasteiger partial charge is 0.0850 e. The van der Waals surface area contributed by atoms with Crippen molar-refractivity contribution in [3.63, 3.8) is 0 Å². The lowest BCUT2D eigenvalue weighted by Crippen LogP contribution is -2.31. The molecule has 3 N–H and O–H groups in total. The van der Waals surface area contributed by atoms with E-state index in [1.807, 2.05) is 38.6 Å². The third-order valence-electron chi connectivity index (χ3n) is 3.74. The van der Waals surface area contributed by atoms with Gasteiger partial charge in [-0.15, -0.1) is 0 Å². The standard InChI is InChI=1S/C15H22ClN5/c1-5-12-15(16)14(21(4)20-12)8-13(19-17)11-7-6-9(2)18-10(11)3/h6-7,13,19H,5,8,17H2,1-4H3. The second-order valence-electron chi connectivity index (χ2n) is 5.24. The largest absolute Gasteiger partial charge is 0.271 e. The van der Waals surface area contributed by atoms with Crippen LogP contribution in [0.4, 0.5) is 0 Å². The molecule has 1 unspecified atom stereocenters. The van der Waals surface area contributed by atoms with Crippen LogP contribution in [0.3, 0.4) is 0 Å². The van der Waals surface area contributed by atoms with E-state index in [0.29, 0.717) is 6.42 Å². The van der Waals surface area contributed by atoms with Crippen LogP contribution < -0.4 is 11.3 Å². The van der Waals surface area contributed by atoms with Crippen LogP contribution in [0, 0.1) is 13.8 Å². The van der Waals surface area contributed by atoms with E-state index in [9.17, 15) is 0 Å². The molecule has 0 amide bonds. The molecule has 2 aromatic heterocycles. The van der Waals surface area contributed by atoms with Crippen LogP contribution in [0.2, 0.25) is 5.02 Å². The van der Waals surface area contributed by atoms with Crippen molar-refractivity contribution in [3.8, 4) is 0 Å². The highest BCUT2D eigenvalue weighted by atomic mass is 35.5. The molecule has 2 aromatic rings. The van der Waals surface area contributed by atoms with Gasteiger partial charge in [-0.1, -0.05) is 24.6 Å². The minimum Gasteiger partial charge on any atom is -0.271 e. The van der Waals surface area contributed by atoms with E-state index in [0.717, 1.165) is 39.8 Å². The van der Waals surface area contributed by atoms with Gasteiger partial charge in [0.1, 0.15) is 0 Å². The summed E-state index contributed by atoms with van der Waals surface area (Å²) in [4.78, 5) is 4.50. The first-order valence-corrected chi connectivity index (χ1v) is 7.46. The molecule has 2 rings (SSSR count). The summed E-state index contributed by atoms with van der Waals surface area (Å²) in [5.41, 5.74) is 7.83. The van der Waals surface area contributed by atoms with Gasteiger partial charge in [-0.05, 0) is 31.9 Å². The van der Waals surface area contributed by atoms with Crippen molar-refractivity contribution >= 4 is 11.6 Å². The monoisotopic (exact) mass is 307 g/mol. The molecule has 6 heteroatoms. The van der Waals surface area contributed by atoms with Crippen LogP contribution >= 0.6 is 11.6 Å². The lowest BCUT2D eigenvalue weighted by Gasteiger charge is -2.18. The number of aromatic nitrogens is 3. The van der Waals surface area contributed by atoms with Crippen LogP contribution in [0.1, 0.15) is 41.3 Å². The predicted molar refractivity (Wildman–Crippen MR) is 85.1 cm³/mol. The summed E-state index contributed by atoms with van der Waals surface area (Å²) in [6.07, 6.45) is 1.49. The van der Waals surface area contributed by atoms with Gasteiger partial charge in [-0.25, -0.2) is 0 Å². The van der Waals surface area contributed by atoms with Gasteiger partial charge in [0.25, 0.3) is 0 Å². The van der Waals surface area contributed by atoms with Crippen molar-refractivity contribution in [1.29, 1.82) is 0 Å². The summed E-state index contributed by atoms with van der Waals surface area (Å²) < 4.78 is 1.84. The van der Waals surface area contributed by atoms with Crippen molar-refractivity contribution in [2.24, 2.45) is 12.9 Å². The maximum absolute atomic E-state index is 6.42. The molecule has 0 fully saturated rings. The molecule has 0 spiro atoms. The van der Waals surface area contributed by atoms with E-state index in [-0.39, 0.29) is 6.04 Å². The van der Waals surface area contributed by atoms with Gasteiger partial charge in [0.2, 0.25) is 0 Å². The molecule has 5 nitrogen and oxygen atoms in total. The van der Waals surface area contributed by atoms with Gasteiger partial charge < -0.3 is 0 Å². The minimum absolute atomic E-state index is 0.0456. The Morgan fingerprint density at radius 1 is 1.38 bits per heavy atom. The van der Waals surface area contributed by atoms with Gasteiger partial charge in [0.05, 0.1) is 22.5 Å². The van der Waals surface area contributed by atoms with E-state index < -0.39 is 0 Å². The van der Waals surface area contributed by atoms with Crippen LogP contribution in [0.25, 0.3) is 0 Å². The van der Waals surface area contributed by atoms with E-state index in [4.69, 9.17) is 17.4 Å². The van der Waals surface area contributed by atoms with Crippen LogP contribution in [0.5, 0.6) is 0 Å². The summed E-state index contributed by atoms with van der Waals surface area (Å²) in [5.74, 6) is 5.75. The first-order valence-electron chi connectivity index (χ1n) is 7.08. The molecule has 0 saturated heterocycles. The Morgan fingerprint density at radius 3 is 2.62 bits per heavy atom. The zero-order valence-electron chi connectivity index (χ0n) is 12.9. The third-order valence-corrected chi connectivity index (χ3v) is 4.18. The number of nitrogens with zero attached hydrogens (tertiary/aromatic N) is 3. The molecule has 21 heavy (non-hydrogen) atoms. The quantitative estimate of drug-likeness (QED) is 0.657. The van der Waals surface area contributed by atoms with Crippen molar-refractivity contribution in [3.05, 3.63) is 45.5 Å². The SMILES string of the molecule is CCc1nn(C)c(CC(NN)c2ccc(C)nc2C)c1Cl. The molecule has 114 valence electrons. The molecular formula is C15H22ClN5. The number of hydrazine groups is 1. The molecule has 0 radical (unpaired) electrons. The van der Waals surface area contributed by atoms with Crippen molar-refractivity contribution in [2.45, 2.75) is 39.7 Å². The number of rotatable bonds is 5. The highest BCUT2D eigenvalue weighted by Crippen LogP contribution is 2.27. The first kappa shape index (κ1) is 15.9. The first-order chi connectivity index (χ1) is 9.97. The van der Waals surface area contributed by atoms with Gasteiger partial charge >= 0.3 is 0 Å². The second-order valence-corrected chi connectivity index (χ2v) is 5.61. The van der Waals surface area contributed by atoms with Crippen molar-refractivity contribution < 1.29 is 0 Å². The molecule has 0 aliphatic rings. The molecular weight excluding hydrogens is 286 g/mol. The lowest BCUT2D eigenvalue weighted by molar-refractivity contribution is 0.525. The van der Waals surface area contributed by atoms with Crippen molar-refractivity contribution in [2.75, 3.05) is 0 Å². The zero-order valence-corrected chi connectivity index (χ0v) is 13.7. The summed E-state index contributed by atoms with van der Waals surface area (Å²) in [7, 11) is 1.91. The number of aryl methyl sites for hydroxylation is 4. The molecule has 0 bridgehead atoms. The number of halogens is 1. The Kier molecular flexibility index (Phi) is 4.98. The predicted octanol–water partition coefficient (Wildman–Crippen LogP) is 2.39. The molecule has 1 atom stereocenters. The van der Waals surface area contributed by atoms with Crippen molar-refractivity contribution in [1.82, 2.24) is 20.2 Å². The minimum atomic E-state index is -0.0456. The Hall–Kier alpha value is -1.43. The maximum Gasteiger partial charge on any atom is 0.0850 e. The van der Waals surface area contributed by atoms with E-state index in [1.165, 1.54) is 0 Å². The summed E-state index contributed by atoms with van der Waals surface area (Å²) in [6.45, 7) is 6.02.